The Morgan fingerprint density at radius 1 is 1.11 bits per heavy atom. The lowest BCUT2D eigenvalue weighted by Crippen LogP contribution is -2.51. The lowest BCUT2D eigenvalue weighted by Gasteiger charge is -2.32. The summed E-state index contributed by atoms with van der Waals surface area (Å²) in [6.07, 6.45) is 1.28. The van der Waals surface area contributed by atoms with E-state index in [-0.39, 0.29) is 11.3 Å². The van der Waals surface area contributed by atoms with Crippen LogP contribution in [0.5, 0.6) is 0 Å². The molecule has 2 saturated heterocycles. The van der Waals surface area contributed by atoms with E-state index >= 15 is 0 Å². The average molecular weight is 409 g/mol. The van der Waals surface area contributed by atoms with Crippen LogP contribution < -0.4 is 0 Å². The van der Waals surface area contributed by atoms with Gasteiger partial charge in [-0.2, -0.15) is 4.31 Å². The van der Waals surface area contributed by atoms with Gasteiger partial charge >= 0.3 is 0 Å². The van der Waals surface area contributed by atoms with E-state index in [0.717, 1.165) is 16.7 Å². The maximum atomic E-state index is 13.6. The maximum absolute atomic E-state index is 13.6. The van der Waals surface area contributed by atoms with Gasteiger partial charge in [-0.1, -0.05) is 26.8 Å². The fraction of sp³-hybridized carbons (Fsp3) is 0.667. The second-order valence-corrected chi connectivity index (χ2v) is 10.7. The number of benzene rings is 1. The molecule has 0 aromatic heterocycles. The Labute approximate surface area is 168 Å². The minimum absolute atomic E-state index is 0.0919. The van der Waals surface area contributed by atoms with Crippen molar-refractivity contribution in [2.75, 3.05) is 32.8 Å². The van der Waals surface area contributed by atoms with Gasteiger partial charge in [-0.15, -0.1) is 0 Å². The third-order valence-electron chi connectivity index (χ3n) is 5.88. The van der Waals surface area contributed by atoms with Gasteiger partial charge in [0.2, 0.25) is 15.9 Å². The summed E-state index contributed by atoms with van der Waals surface area (Å²) in [5.74, 6) is -0.0919. The number of morpholine rings is 1. The molecule has 0 saturated carbocycles. The molecule has 1 atom stereocenters. The van der Waals surface area contributed by atoms with E-state index in [1.165, 1.54) is 4.31 Å². The van der Waals surface area contributed by atoms with E-state index in [1.807, 2.05) is 13.8 Å². The van der Waals surface area contributed by atoms with Crippen LogP contribution in [0.1, 0.15) is 50.3 Å². The minimum Gasteiger partial charge on any atom is -0.378 e. The summed E-state index contributed by atoms with van der Waals surface area (Å²) < 4.78 is 34.0. The van der Waals surface area contributed by atoms with E-state index in [1.54, 1.807) is 11.0 Å². The molecular weight excluding hydrogens is 376 g/mol. The Kier molecular flexibility index (Phi) is 5.90. The average Bonchev–Trinajstić information content (AvgIpc) is 3.13. The number of hydrogen-bond acceptors (Lipinski definition) is 4. The first kappa shape index (κ1) is 21.3. The van der Waals surface area contributed by atoms with Crippen LogP contribution in [0.15, 0.2) is 17.0 Å². The molecule has 7 heteroatoms. The lowest BCUT2D eigenvalue weighted by molar-refractivity contribution is -0.138. The summed E-state index contributed by atoms with van der Waals surface area (Å²) in [5.41, 5.74) is 2.56. The number of ether oxygens (including phenoxy) is 1. The van der Waals surface area contributed by atoms with E-state index in [0.29, 0.717) is 50.6 Å². The number of carbonyl (C=O) groups is 1. The summed E-state index contributed by atoms with van der Waals surface area (Å²) in [4.78, 5) is 15.1. The molecule has 0 bridgehead atoms. The number of sulfonamides is 1. The molecule has 0 radical (unpaired) electrons. The largest absolute Gasteiger partial charge is 0.378 e. The molecule has 2 aliphatic rings. The zero-order valence-electron chi connectivity index (χ0n) is 17.6. The molecule has 2 fully saturated rings. The van der Waals surface area contributed by atoms with Gasteiger partial charge in [0.15, 0.2) is 0 Å². The molecule has 1 aromatic carbocycles. The molecule has 0 N–H and O–H groups in total. The second-order valence-electron chi connectivity index (χ2n) is 8.88. The zero-order chi connectivity index (χ0) is 20.7. The summed E-state index contributed by atoms with van der Waals surface area (Å²) in [6, 6.07) is 3.25. The summed E-state index contributed by atoms with van der Waals surface area (Å²) in [6.45, 7) is 12.5. The van der Waals surface area contributed by atoms with Gasteiger partial charge in [0.25, 0.3) is 0 Å². The Morgan fingerprint density at radius 3 is 2.36 bits per heavy atom. The van der Waals surface area contributed by atoms with Crippen LogP contribution in [-0.2, 0) is 25.0 Å². The van der Waals surface area contributed by atoms with Gasteiger partial charge in [-0.3, -0.25) is 4.79 Å². The SMILES string of the molecule is Cc1cc(C(C)(C)C)cc(S(=O)(=O)N2CCC[C@H]2C(=O)N2CCOCC2)c1C. The van der Waals surface area contributed by atoms with Gasteiger partial charge in [0.1, 0.15) is 6.04 Å². The van der Waals surface area contributed by atoms with Crippen molar-refractivity contribution < 1.29 is 17.9 Å². The zero-order valence-corrected chi connectivity index (χ0v) is 18.4. The van der Waals surface area contributed by atoms with Gasteiger partial charge < -0.3 is 9.64 Å². The third-order valence-corrected chi connectivity index (χ3v) is 7.92. The summed E-state index contributed by atoms with van der Waals surface area (Å²) in [5, 5.41) is 0. The number of nitrogens with zero attached hydrogens (tertiary/aromatic N) is 2. The molecule has 1 amide bonds. The van der Waals surface area contributed by atoms with Crippen LogP contribution >= 0.6 is 0 Å². The Morgan fingerprint density at radius 2 is 1.75 bits per heavy atom. The van der Waals surface area contributed by atoms with Gasteiger partial charge in [-0.05, 0) is 54.9 Å². The van der Waals surface area contributed by atoms with E-state index in [9.17, 15) is 13.2 Å². The molecular formula is C21H32N2O4S. The molecule has 1 aromatic rings. The monoisotopic (exact) mass is 408 g/mol. The molecule has 0 spiro atoms. The Hall–Kier alpha value is -1.44. The van der Waals surface area contributed by atoms with E-state index in [4.69, 9.17) is 4.74 Å². The van der Waals surface area contributed by atoms with Gasteiger partial charge in [0, 0.05) is 19.6 Å². The summed E-state index contributed by atoms with van der Waals surface area (Å²) >= 11 is 0. The molecule has 0 aliphatic carbocycles. The highest BCUT2D eigenvalue weighted by Gasteiger charge is 2.42. The van der Waals surface area contributed by atoms with Crippen LogP contribution in [0.4, 0.5) is 0 Å². The highest BCUT2D eigenvalue weighted by atomic mass is 32.2. The fourth-order valence-corrected chi connectivity index (χ4v) is 5.90. The number of aryl methyl sites for hydroxylation is 1. The number of carbonyl (C=O) groups excluding carboxylic acids is 1. The lowest BCUT2D eigenvalue weighted by atomic mass is 9.85. The molecule has 6 nitrogen and oxygen atoms in total. The summed E-state index contributed by atoms with van der Waals surface area (Å²) in [7, 11) is -3.75. The van der Waals surface area contributed by atoms with Gasteiger partial charge in [-0.25, -0.2) is 8.42 Å². The first-order chi connectivity index (χ1) is 13.0. The topological polar surface area (TPSA) is 66.9 Å². The van der Waals surface area contributed by atoms with Crippen LogP contribution in [0.25, 0.3) is 0 Å². The molecule has 0 unspecified atom stereocenters. The normalized spacial score (nSPS) is 21.9. The van der Waals surface area contributed by atoms with Gasteiger partial charge in [0.05, 0.1) is 18.1 Å². The third kappa shape index (κ3) is 3.98. The molecule has 2 aliphatic heterocycles. The molecule has 156 valence electrons. The standard InChI is InChI=1S/C21H32N2O4S/c1-15-13-17(21(3,4)5)14-19(16(15)2)28(25,26)23-8-6-7-18(23)20(24)22-9-11-27-12-10-22/h13-14,18H,6-12H2,1-5H3/t18-/m0/s1. The maximum Gasteiger partial charge on any atom is 0.244 e. The molecule has 2 heterocycles. The van der Waals surface area contributed by atoms with Crippen molar-refractivity contribution in [1.82, 2.24) is 9.21 Å². The molecule has 3 rings (SSSR count). The van der Waals surface area contributed by atoms with Crippen molar-refractivity contribution in [3.63, 3.8) is 0 Å². The van der Waals surface area contributed by atoms with E-state index < -0.39 is 16.1 Å². The van der Waals surface area contributed by atoms with Crippen molar-refractivity contribution in [1.29, 1.82) is 0 Å². The van der Waals surface area contributed by atoms with Crippen LogP contribution in [0.3, 0.4) is 0 Å². The fourth-order valence-electron chi connectivity index (χ4n) is 3.92. The first-order valence-electron chi connectivity index (χ1n) is 10.0. The van der Waals surface area contributed by atoms with Crippen molar-refractivity contribution in [2.24, 2.45) is 0 Å². The van der Waals surface area contributed by atoms with Crippen LogP contribution in [0.2, 0.25) is 0 Å². The number of rotatable bonds is 3. The highest BCUT2D eigenvalue weighted by Crippen LogP contribution is 2.33. The quantitative estimate of drug-likeness (QED) is 0.771. The Balaban J connectivity index is 1.97. The van der Waals surface area contributed by atoms with Crippen molar-refractivity contribution in [3.05, 3.63) is 28.8 Å². The van der Waals surface area contributed by atoms with Crippen LogP contribution in [0, 0.1) is 13.8 Å². The first-order valence-corrected chi connectivity index (χ1v) is 11.5. The van der Waals surface area contributed by atoms with E-state index in [2.05, 4.69) is 26.8 Å². The second kappa shape index (κ2) is 7.76. The van der Waals surface area contributed by atoms with Crippen molar-refractivity contribution in [3.8, 4) is 0 Å². The predicted octanol–water partition coefficient (Wildman–Crippen LogP) is 2.61. The smallest absolute Gasteiger partial charge is 0.244 e. The molecule has 28 heavy (non-hydrogen) atoms. The number of hydrogen-bond donors (Lipinski definition) is 0. The highest BCUT2D eigenvalue weighted by molar-refractivity contribution is 7.89. The van der Waals surface area contributed by atoms with Crippen LogP contribution in [-0.4, -0.2) is 62.4 Å². The number of amides is 1. The Bertz CT molecular complexity index is 852. The van der Waals surface area contributed by atoms with Crippen molar-refractivity contribution >= 4 is 15.9 Å². The minimum atomic E-state index is -3.75. The van der Waals surface area contributed by atoms with Crippen molar-refractivity contribution in [2.45, 2.75) is 63.8 Å². The predicted molar refractivity (Wildman–Crippen MR) is 109 cm³/mol.